The Balaban J connectivity index is 1.58. The van der Waals surface area contributed by atoms with E-state index in [1.165, 1.54) is 0 Å². The van der Waals surface area contributed by atoms with Crippen molar-refractivity contribution in [3.63, 3.8) is 0 Å². The van der Waals surface area contributed by atoms with Gasteiger partial charge in [-0.2, -0.15) is 0 Å². The zero-order chi connectivity index (χ0) is 18.1. The Kier molecular flexibility index (Phi) is 4.41. The van der Waals surface area contributed by atoms with Crippen LogP contribution < -0.4 is 5.32 Å². The fourth-order valence-corrected chi connectivity index (χ4v) is 3.13. The lowest BCUT2D eigenvalue weighted by molar-refractivity contribution is 0.0997. The summed E-state index contributed by atoms with van der Waals surface area (Å²) in [5.41, 5.74) is 1.34. The third kappa shape index (κ3) is 3.32. The molecule has 128 valence electrons. The van der Waals surface area contributed by atoms with E-state index in [1.807, 2.05) is 42.5 Å². The molecular weight excluding hydrogens is 369 g/mol. The standard InChI is InChI=1S/C21H13Cl2NO2/c22-15-6-8-18(23)17(12-15)19-9-10-20(26-19)21(25)24-16-7-5-13-3-1-2-4-14(13)11-16/h1-12H,(H,24,25). The van der Waals surface area contributed by atoms with Crippen LogP contribution in [-0.2, 0) is 0 Å². The molecule has 0 radical (unpaired) electrons. The van der Waals surface area contributed by atoms with Gasteiger partial charge in [-0.15, -0.1) is 0 Å². The highest BCUT2D eigenvalue weighted by Crippen LogP contribution is 2.32. The number of anilines is 1. The van der Waals surface area contributed by atoms with Crippen molar-refractivity contribution in [1.29, 1.82) is 0 Å². The van der Waals surface area contributed by atoms with Crippen LogP contribution in [0.1, 0.15) is 10.6 Å². The van der Waals surface area contributed by atoms with Gasteiger partial charge in [0.1, 0.15) is 5.76 Å². The van der Waals surface area contributed by atoms with Gasteiger partial charge in [0.2, 0.25) is 0 Å². The van der Waals surface area contributed by atoms with Crippen LogP contribution in [0, 0.1) is 0 Å². The molecule has 5 heteroatoms. The molecule has 0 aliphatic carbocycles. The second-order valence-electron chi connectivity index (χ2n) is 5.80. The summed E-state index contributed by atoms with van der Waals surface area (Å²) >= 11 is 12.2. The van der Waals surface area contributed by atoms with E-state index in [0.717, 1.165) is 10.8 Å². The number of furan rings is 1. The molecule has 0 atom stereocenters. The van der Waals surface area contributed by atoms with E-state index in [0.29, 0.717) is 27.1 Å². The van der Waals surface area contributed by atoms with Crippen molar-refractivity contribution in [3.05, 3.63) is 88.6 Å². The molecule has 0 aliphatic heterocycles. The largest absolute Gasteiger partial charge is 0.451 e. The van der Waals surface area contributed by atoms with Crippen LogP contribution >= 0.6 is 23.2 Å². The van der Waals surface area contributed by atoms with Crippen molar-refractivity contribution in [3.8, 4) is 11.3 Å². The highest BCUT2D eigenvalue weighted by Gasteiger charge is 2.14. The lowest BCUT2D eigenvalue weighted by atomic mass is 10.1. The molecule has 1 heterocycles. The van der Waals surface area contributed by atoms with Crippen LogP contribution in [0.25, 0.3) is 22.1 Å². The normalized spacial score (nSPS) is 10.8. The molecule has 0 unspecified atom stereocenters. The smallest absolute Gasteiger partial charge is 0.291 e. The number of carbonyl (C=O) groups is 1. The molecule has 1 N–H and O–H groups in total. The fourth-order valence-electron chi connectivity index (χ4n) is 2.75. The van der Waals surface area contributed by atoms with Gasteiger partial charge < -0.3 is 9.73 Å². The van der Waals surface area contributed by atoms with Gasteiger partial charge >= 0.3 is 0 Å². The van der Waals surface area contributed by atoms with Gasteiger partial charge in [0.15, 0.2) is 5.76 Å². The number of rotatable bonds is 3. The highest BCUT2D eigenvalue weighted by molar-refractivity contribution is 6.35. The van der Waals surface area contributed by atoms with E-state index in [9.17, 15) is 4.79 Å². The summed E-state index contributed by atoms with van der Waals surface area (Å²) in [5, 5.41) is 6.06. The molecule has 0 bridgehead atoms. The van der Waals surface area contributed by atoms with E-state index in [-0.39, 0.29) is 11.7 Å². The Morgan fingerprint density at radius 2 is 1.65 bits per heavy atom. The van der Waals surface area contributed by atoms with Crippen molar-refractivity contribution in [2.75, 3.05) is 5.32 Å². The van der Waals surface area contributed by atoms with Crippen LogP contribution in [0.4, 0.5) is 5.69 Å². The van der Waals surface area contributed by atoms with Crippen LogP contribution in [0.3, 0.4) is 0 Å². The molecule has 0 saturated heterocycles. The zero-order valence-electron chi connectivity index (χ0n) is 13.5. The minimum Gasteiger partial charge on any atom is -0.451 e. The molecule has 26 heavy (non-hydrogen) atoms. The molecule has 3 aromatic carbocycles. The predicted octanol–water partition coefficient (Wildman–Crippen LogP) is 6.66. The minimum atomic E-state index is -0.329. The van der Waals surface area contributed by atoms with Gasteiger partial charge in [-0.3, -0.25) is 4.79 Å². The Labute approximate surface area is 160 Å². The van der Waals surface area contributed by atoms with E-state index < -0.39 is 0 Å². The van der Waals surface area contributed by atoms with Crippen LogP contribution in [0.2, 0.25) is 10.0 Å². The average Bonchev–Trinajstić information content (AvgIpc) is 3.14. The Hall–Kier alpha value is -2.75. The number of benzene rings is 3. The predicted molar refractivity (Wildman–Crippen MR) is 106 cm³/mol. The molecule has 1 aromatic heterocycles. The summed E-state index contributed by atoms with van der Waals surface area (Å²) in [6.07, 6.45) is 0. The van der Waals surface area contributed by atoms with Gasteiger partial charge in [-0.1, -0.05) is 53.5 Å². The summed E-state index contributed by atoms with van der Waals surface area (Å²) in [5.74, 6) is 0.357. The van der Waals surface area contributed by atoms with Crippen molar-refractivity contribution in [1.82, 2.24) is 0 Å². The molecule has 3 nitrogen and oxygen atoms in total. The molecule has 4 aromatic rings. The van der Waals surface area contributed by atoms with Crippen molar-refractivity contribution >= 4 is 45.6 Å². The Bertz CT molecular complexity index is 1120. The zero-order valence-corrected chi connectivity index (χ0v) is 15.0. The van der Waals surface area contributed by atoms with E-state index in [1.54, 1.807) is 30.3 Å². The van der Waals surface area contributed by atoms with Gasteiger partial charge in [0.05, 0.1) is 5.02 Å². The molecule has 0 aliphatic rings. The van der Waals surface area contributed by atoms with Crippen LogP contribution in [-0.4, -0.2) is 5.91 Å². The topological polar surface area (TPSA) is 42.2 Å². The second kappa shape index (κ2) is 6.87. The van der Waals surface area contributed by atoms with E-state index in [2.05, 4.69) is 5.32 Å². The summed E-state index contributed by atoms with van der Waals surface area (Å²) in [4.78, 5) is 12.5. The van der Waals surface area contributed by atoms with Gasteiger partial charge in [-0.25, -0.2) is 0 Å². The van der Waals surface area contributed by atoms with E-state index in [4.69, 9.17) is 27.6 Å². The maximum atomic E-state index is 12.5. The summed E-state index contributed by atoms with van der Waals surface area (Å²) < 4.78 is 5.67. The number of nitrogens with one attached hydrogen (secondary N) is 1. The third-order valence-corrected chi connectivity index (χ3v) is 4.60. The average molecular weight is 382 g/mol. The lowest BCUT2D eigenvalue weighted by Crippen LogP contribution is -2.10. The molecule has 1 amide bonds. The third-order valence-electron chi connectivity index (χ3n) is 4.03. The molecule has 4 rings (SSSR count). The van der Waals surface area contributed by atoms with Crippen molar-refractivity contribution in [2.24, 2.45) is 0 Å². The maximum absolute atomic E-state index is 12.5. The molecular formula is C21H13Cl2NO2. The van der Waals surface area contributed by atoms with Gasteiger partial charge in [0, 0.05) is 16.3 Å². The molecule has 0 fully saturated rings. The number of halogens is 2. The van der Waals surface area contributed by atoms with Gasteiger partial charge in [0.25, 0.3) is 5.91 Å². The van der Waals surface area contributed by atoms with E-state index >= 15 is 0 Å². The summed E-state index contributed by atoms with van der Waals surface area (Å²) in [6.45, 7) is 0. The van der Waals surface area contributed by atoms with Crippen LogP contribution in [0.15, 0.2) is 77.2 Å². The first kappa shape index (κ1) is 16.7. The van der Waals surface area contributed by atoms with Crippen molar-refractivity contribution < 1.29 is 9.21 Å². The first-order chi connectivity index (χ1) is 12.6. The number of hydrogen-bond acceptors (Lipinski definition) is 2. The monoisotopic (exact) mass is 381 g/mol. The maximum Gasteiger partial charge on any atom is 0.291 e. The quantitative estimate of drug-likeness (QED) is 0.431. The molecule has 0 saturated carbocycles. The first-order valence-electron chi connectivity index (χ1n) is 7.95. The van der Waals surface area contributed by atoms with Crippen LogP contribution in [0.5, 0.6) is 0 Å². The lowest BCUT2D eigenvalue weighted by Gasteiger charge is -2.05. The SMILES string of the molecule is O=C(Nc1ccc2ccccc2c1)c1ccc(-c2cc(Cl)ccc2Cl)o1. The highest BCUT2D eigenvalue weighted by atomic mass is 35.5. The summed E-state index contributed by atoms with van der Waals surface area (Å²) in [6, 6.07) is 22.1. The number of fused-ring (bicyclic) bond motifs is 1. The Morgan fingerprint density at radius 1 is 0.846 bits per heavy atom. The first-order valence-corrected chi connectivity index (χ1v) is 8.71. The fraction of sp³-hybridized carbons (Fsp3) is 0. The minimum absolute atomic E-state index is 0.198. The number of hydrogen-bond donors (Lipinski definition) is 1. The molecule has 0 spiro atoms. The number of carbonyl (C=O) groups excluding carboxylic acids is 1. The summed E-state index contributed by atoms with van der Waals surface area (Å²) in [7, 11) is 0. The second-order valence-corrected chi connectivity index (χ2v) is 6.65. The number of amides is 1. The van der Waals surface area contributed by atoms with Gasteiger partial charge in [-0.05, 0) is 53.2 Å². The van der Waals surface area contributed by atoms with Crippen molar-refractivity contribution in [2.45, 2.75) is 0 Å². The Morgan fingerprint density at radius 3 is 2.50 bits per heavy atom.